The van der Waals surface area contributed by atoms with Crippen molar-refractivity contribution < 1.29 is 17.8 Å². The third kappa shape index (κ3) is 3.11. The summed E-state index contributed by atoms with van der Waals surface area (Å²) >= 11 is 0. The van der Waals surface area contributed by atoms with Crippen molar-refractivity contribution in [3.63, 3.8) is 0 Å². The van der Waals surface area contributed by atoms with E-state index in [1.807, 2.05) is 0 Å². The highest BCUT2D eigenvalue weighted by atomic mass is 32.2. The second kappa shape index (κ2) is 6.39. The fourth-order valence-electron chi connectivity index (χ4n) is 2.47. The van der Waals surface area contributed by atoms with Gasteiger partial charge in [0.1, 0.15) is 0 Å². The van der Waals surface area contributed by atoms with Gasteiger partial charge in [0.25, 0.3) is 5.69 Å². The van der Waals surface area contributed by atoms with Crippen LogP contribution in [-0.4, -0.2) is 36.3 Å². The third-order valence-electron chi connectivity index (χ3n) is 3.91. The number of hydrogen-bond donors (Lipinski definition) is 0. The van der Waals surface area contributed by atoms with Gasteiger partial charge in [0.05, 0.1) is 21.9 Å². The topological polar surface area (TPSA) is 116 Å². The Kier molecular flexibility index (Phi) is 4.38. The van der Waals surface area contributed by atoms with E-state index in [4.69, 9.17) is 4.42 Å². The Hall–Kier alpha value is -2.98. The number of fused-ring (bicyclic) bond motifs is 1. The van der Waals surface area contributed by atoms with E-state index in [2.05, 4.69) is 0 Å². The predicted molar refractivity (Wildman–Crippen MR) is 93.5 cm³/mol. The van der Waals surface area contributed by atoms with Crippen LogP contribution in [-0.2, 0) is 16.6 Å². The van der Waals surface area contributed by atoms with E-state index in [0.717, 1.165) is 4.31 Å². The minimum atomic E-state index is -3.65. The molecule has 0 aliphatic rings. The predicted octanol–water partition coefficient (Wildman–Crippen LogP) is 1.80. The van der Waals surface area contributed by atoms with Crippen LogP contribution >= 0.6 is 0 Å². The van der Waals surface area contributed by atoms with Gasteiger partial charge in [0.2, 0.25) is 10.0 Å². The van der Waals surface area contributed by atoms with E-state index in [-0.39, 0.29) is 22.7 Å². The summed E-state index contributed by atoms with van der Waals surface area (Å²) in [6, 6.07) is 10.0. The molecule has 0 fully saturated rings. The molecule has 0 aliphatic carbocycles. The van der Waals surface area contributed by atoms with Gasteiger partial charge < -0.3 is 4.42 Å². The number of nitro benzene ring substituents is 1. The summed E-state index contributed by atoms with van der Waals surface area (Å²) in [6.45, 7) is 0.142. The normalized spacial score (nSPS) is 12.0. The Morgan fingerprint density at radius 1 is 1.15 bits per heavy atom. The van der Waals surface area contributed by atoms with E-state index >= 15 is 0 Å². The fraction of sp³-hybridized carbons (Fsp3) is 0.188. The van der Waals surface area contributed by atoms with Crippen molar-refractivity contribution >= 4 is 26.8 Å². The largest absolute Gasteiger partial charge is 0.420 e. The van der Waals surface area contributed by atoms with Crippen LogP contribution in [0.4, 0.5) is 5.69 Å². The van der Waals surface area contributed by atoms with E-state index in [0.29, 0.717) is 11.1 Å². The van der Waals surface area contributed by atoms with Crippen LogP contribution in [0.1, 0.15) is 5.56 Å². The van der Waals surface area contributed by atoms with Crippen LogP contribution in [0.3, 0.4) is 0 Å². The molecule has 0 saturated heterocycles. The molecule has 0 radical (unpaired) electrons. The zero-order valence-electron chi connectivity index (χ0n) is 13.9. The molecule has 0 saturated carbocycles. The van der Waals surface area contributed by atoms with Crippen LogP contribution in [0.15, 0.2) is 56.6 Å². The summed E-state index contributed by atoms with van der Waals surface area (Å²) in [5.74, 6) is -0.641. The number of aromatic nitrogens is 1. The molecule has 0 bridgehead atoms. The second-order valence-corrected chi connectivity index (χ2v) is 7.95. The highest BCUT2D eigenvalue weighted by molar-refractivity contribution is 7.89. The molecule has 0 aliphatic heterocycles. The Bertz CT molecular complexity index is 1140. The standard InChI is InChI=1S/C16H15N3O6S/c1-17(2)26(23,24)13-7-8-14-15(9-13)25-16(20)18(14)10-11-3-5-12(6-4-11)19(21)22/h3-9H,10H2,1-2H3. The first kappa shape index (κ1) is 17.8. The number of non-ortho nitro benzene ring substituents is 1. The van der Waals surface area contributed by atoms with E-state index in [1.165, 1.54) is 49.0 Å². The molecule has 10 heteroatoms. The summed E-state index contributed by atoms with van der Waals surface area (Å²) in [6.07, 6.45) is 0. The summed E-state index contributed by atoms with van der Waals surface area (Å²) in [5, 5.41) is 10.7. The minimum absolute atomic E-state index is 0.0197. The van der Waals surface area contributed by atoms with Gasteiger partial charge in [0, 0.05) is 32.3 Å². The number of rotatable bonds is 5. The van der Waals surface area contributed by atoms with Crippen molar-refractivity contribution in [1.82, 2.24) is 8.87 Å². The van der Waals surface area contributed by atoms with Gasteiger partial charge in [-0.15, -0.1) is 0 Å². The molecule has 0 amide bonds. The van der Waals surface area contributed by atoms with Gasteiger partial charge in [-0.3, -0.25) is 14.7 Å². The first-order chi connectivity index (χ1) is 12.2. The molecule has 2 aromatic carbocycles. The molecule has 26 heavy (non-hydrogen) atoms. The van der Waals surface area contributed by atoms with Crippen LogP contribution in [0.5, 0.6) is 0 Å². The van der Waals surface area contributed by atoms with Crippen LogP contribution in [0, 0.1) is 10.1 Å². The quantitative estimate of drug-likeness (QED) is 0.494. The number of oxazole rings is 1. The first-order valence-corrected chi connectivity index (χ1v) is 8.93. The van der Waals surface area contributed by atoms with Crippen molar-refractivity contribution in [3.8, 4) is 0 Å². The number of sulfonamides is 1. The molecule has 9 nitrogen and oxygen atoms in total. The Labute approximate surface area is 148 Å². The van der Waals surface area contributed by atoms with E-state index in [1.54, 1.807) is 12.1 Å². The van der Waals surface area contributed by atoms with Gasteiger partial charge >= 0.3 is 5.76 Å². The molecule has 136 valence electrons. The highest BCUT2D eigenvalue weighted by Crippen LogP contribution is 2.21. The number of benzene rings is 2. The number of nitro groups is 1. The highest BCUT2D eigenvalue weighted by Gasteiger charge is 2.20. The van der Waals surface area contributed by atoms with Crippen LogP contribution in [0.25, 0.3) is 11.1 Å². The van der Waals surface area contributed by atoms with Gasteiger partial charge in [0.15, 0.2) is 5.58 Å². The van der Waals surface area contributed by atoms with Crippen LogP contribution in [0.2, 0.25) is 0 Å². The average Bonchev–Trinajstić information content (AvgIpc) is 2.90. The summed E-state index contributed by atoms with van der Waals surface area (Å²) in [4.78, 5) is 22.4. The Morgan fingerprint density at radius 3 is 2.38 bits per heavy atom. The van der Waals surface area contributed by atoms with Crippen LogP contribution < -0.4 is 5.76 Å². The van der Waals surface area contributed by atoms with E-state index < -0.39 is 20.7 Å². The summed E-state index contributed by atoms with van der Waals surface area (Å²) in [5.41, 5.74) is 1.22. The minimum Gasteiger partial charge on any atom is -0.408 e. The SMILES string of the molecule is CN(C)S(=O)(=O)c1ccc2c(c1)oc(=O)n2Cc1ccc([N+](=O)[O-])cc1. The zero-order valence-corrected chi connectivity index (χ0v) is 14.8. The smallest absolute Gasteiger partial charge is 0.408 e. The molecule has 0 spiro atoms. The van der Waals surface area contributed by atoms with Crippen molar-refractivity contribution in [2.45, 2.75) is 11.4 Å². The summed E-state index contributed by atoms with van der Waals surface area (Å²) < 4.78 is 31.9. The molecule has 1 aromatic heterocycles. The monoisotopic (exact) mass is 377 g/mol. The Balaban J connectivity index is 2.01. The molecular weight excluding hydrogens is 362 g/mol. The van der Waals surface area contributed by atoms with Gasteiger partial charge in [-0.1, -0.05) is 12.1 Å². The number of nitrogens with zero attached hydrogens (tertiary/aromatic N) is 3. The Morgan fingerprint density at radius 2 is 1.81 bits per heavy atom. The molecule has 0 N–H and O–H groups in total. The molecule has 0 unspecified atom stereocenters. The maximum atomic E-state index is 12.2. The van der Waals surface area contributed by atoms with Crippen molar-refractivity contribution in [2.24, 2.45) is 0 Å². The fourth-order valence-corrected chi connectivity index (χ4v) is 3.39. The van der Waals surface area contributed by atoms with E-state index in [9.17, 15) is 23.3 Å². The molecule has 3 aromatic rings. The molecular formula is C16H15N3O6S. The summed E-state index contributed by atoms with van der Waals surface area (Å²) in [7, 11) is -0.821. The molecule has 1 heterocycles. The zero-order chi connectivity index (χ0) is 19.1. The van der Waals surface area contributed by atoms with Crippen molar-refractivity contribution in [2.75, 3.05) is 14.1 Å². The lowest BCUT2D eigenvalue weighted by molar-refractivity contribution is -0.384. The van der Waals surface area contributed by atoms with Gasteiger partial charge in [-0.25, -0.2) is 17.5 Å². The van der Waals surface area contributed by atoms with Crippen molar-refractivity contribution in [1.29, 1.82) is 0 Å². The maximum absolute atomic E-state index is 12.2. The lowest BCUT2D eigenvalue weighted by atomic mass is 10.2. The first-order valence-electron chi connectivity index (χ1n) is 7.49. The third-order valence-corrected chi connectivity index (χ3v) is 5.72. The maximum Gasteiger partial charge on any atom is 0.420 e. The van der Waals surface area contributed by atoms with Gasteiger partial charge in [-0.2, -0.15) is 0 Å². The molecule has 3 rings (SSSR count). The van der Waals surface area contributed by atoms with Gasteiger partial charge in [-0.05, 0) is 17.7 Å². The van der Waals surface area contributed by atoms with Crippen molar-refractivity contribution in [3.05, 3.63) is 68.7 Å². The lowest BCUT2D eigenvalue weighted by Crippen LogP contribution is -2.22. The average molecular weight is 377 g/mol. The second-order valence-electron chi connectivity index (χ2n) is 5.79. The number of hydrogen-bond acceptors (Lipinski definition) is 6. The molecule has 0 atom stereocenters. The lowest BCUT2D eigenvalue weighted by Gasteiger charge is -2.10.